The number of ketones is 1. The van der Waals surface area contributed by atoms with E-state index >= 15 is 0 Å². The van der Waals surface area contributed by atoms with E-state index in [1.54, 1.807) is 10.6 Å². The largest absolute Gasteiger partial charge is 0.356 e. The Hall–Kier alpha value is -1.62. The molecule has 1 N–H and O–H groups in total. The van der Waals surface area contributed by atoms with Gasteiger partial charge < -0.3 is 14.8 Å². The molecule has 1 rings (SSSR count). The zero-order chi connectivity index (χ0) is 14.4. The van der Waals surface area contributed by atoms with E-state index < -0.39 is 0 Å². The Kier molecular flexibility index (Phi) is 5.76. The molecule has 0 fully saturated rings. The van der Waals surface area contributed by atoms with Crippen LogP contribution in [0, 0.1) is 0 Å². The molecule has 0 spiro atoms. The second kappa shape index (κ2) is 7.09. The summed E-state index contributed by atoms with van der Waals surface area (Å²) >= 11 is 0. The first kappa shape index (κ1) is 15.4. The van der Waals surface area contributed by atoms with Gasteiger partial charge in [-0.25, -0.2) is 0 Å². The van der Waals surface area contributed by atoms with E-state index in [9.17, 15) is 9.59 Å². The van der Waals surface area contributed by atoms with Gasteiger partial charge in [-0.1, -0.05) is 0 Å². The van der Waals surface area contributed by atoms with Gasteiger partial charge in [0.2, 0.25) is 5.91 Å². The summed E-state index contributed by atoms with van der Waals surface area (Å²) in [7, 11) is 5.83. The first-order valence-corrected chi connectivity index (χ1v) is 6.48. The Labute approximate surface area is 114 Å². The van der Waals surface area contributed by atoms with Crippen LogP contribution in [-0.4, -0.2) is 48.3 Å². The molecule has 0 aliphatic carbocycles. The standard InChI is InChI=1S/C14H23N3O2/c1-11(18)13-7-6-12(17(13)4)10-14(19)15-8-5-9-16(2)3/h6-7H,5,8-10H2,1-4H3,(H,15,19). The van der Waals surface area contributed by atoms with Crippen LogP contribution in [-0.2, 0) is 18.3 Å². The summed E-state index contributed by atoms with van der Waals surface area (Å²) in [4.78, 5) is 25.2. The van der Waals surface area contributed by atoms with Crippen LogP contribution in [0.2, 0.25) is 0 Å². The van der Waals surface area contributed by atoms with Gasteiger partial charge in [-0.15, -0.1) is 0 Å². The molecule has 0 radical (unpaired) electrons. The summed E-state index contributed by atoms with van der Waals surface area (Å²) in [6, 6.07) is 3.59. The Bertz CT molecular complexity index is 450. The second-order valence-corrected chi connectivity index (χ2v) is 5.01. The summed E-state index contributed by atoms with van der Waals surface area (Å²) in [5, 5.41) is 2.89. The van der Waals surface area contributed by atoms with Crippen molar-refractivity contribution in [2.75, 3.05) is 27.2 Å². The number of rotatable bonds is 7. The van der Waals surface area contributed by atoms with Crippen LogP contribution in [0.1, 0.15) is 29.5 Å². The molecule has 0 atom stereocenters. The Balaban J connectivity index is 2.42. The number of nitrogens with one attached hydrogen (secondary N) is 1. The molecule has 19 heavy (non-hydrogen) atoms. The molecular weight excluding hydrogens is 242 g/mol. The van der Waals surface area contributed by atoms with Crippen molar-refractivity contribution in [1.29, 1.82) is 0 Å². The minimum absolute atomic E-state index is 0.00458. The average Bonchev–Trinajstić information content (AvgIpc) is 2.66. The highest BCUT2D eigenvalue weighted by Crippen LogP contribution is 2.08. The summed E-state index contributed by atoms with van der Waals surface area (Å²) in [6.45, 7) is 3.17. The lowest BCUT2D eigenvalue weighted by Gasteiger charge is -2.10. The molecule has 1 aromatic heterocycles. The molecule has 0 saturated heterocycles. The SMILES string of the molecule is CC(=O)c1ccc(CC(=O)NCCCN(C)C)n1C. The minimum Gasteiger partial charge on any atom is -0.356 e. The molecule has 1 amide bonds. The van der Waals surface area contributed by atoms with Gasteiger partial charge in [-0.2, -0.15) is 0 Å². The van der Waals surface area contributed by atoms with Crippen LogP contribution in [0.5, 0.6) is 0 Å². The highest BCUT2D eigenvalue weighted by molar-refractivity contribution is 5.93. The van der Waals surface area contributed by atoms with Crippen LogP contribution >= 0.6 is 0 Å². The molecule has 0 aliphatic heterocycles. The third-order valence-corrected chi connectivity index (χ3v) is 3.03. The second-order valence-electron chi connectivity index (χ2n) is 5.01. The van der Waals surface area contributed by atoms with E-state index in [4.69, 9.17) is 0 Å². The summed E-state index contributed by atoms with van der Waals surface area (Å²) in [6.07, 6.45) is 1.25. The number of Topliss-reactive ketones (excluding diaryl/α,β-unsaturated/α-hetero) is 1. The van der Waals surface area contributed by atoms with Gasteiger partial charge in [0.1, 0.15) is 0 Å². The quantitative estimate of drug-likeness (QED) is 0.587. The van der Waals surface area contributed by atoms with Crippen molar-refractivity contribution < 1.29 is 9.59 Å². The third-order valence-electron chi connectivity index (χ3n) is 3.03. The topological polar surface area (TPSA) is 54.3 Å². The van der Waals surface area contributed by atoms with Gasteiger partial charge in [-0.05, 0) is 39.2 Å². The number of hydrogen-bond donors (Lipinski definition) is 1. The van der Waals surface area contributed by atoms with E-state index in [-0.39, 0.29) is 11.7 Å². The monoisotopic (exact) mass is 265 g/mol. The van der Waals surface area contributed by atoms with Crippen LogP contribution in [0.4, 0.5) is 0 Å². The number of aromatic nitrogens is 1. The smallest absolute Gasteiger partial charge is 0.225 e. The molecule has 0 saturated carbocycles. The molecule has 0 bridgehead atoms. The number of carbonyl (C=O) groups is 2. The number of hydrogen-bond acceptors (Lipinski definition) is 3. The fraction of sp³-hybridized carbons (Fsp3) is 0.571. The Morgan fingerprint density at radius 3 is 2.53 bits per heavy atom. The van der Waals surface area contributed by atoms with Gasteiger partial charge >= 0.3 is 0 Å². The van der Waals surface area contributed by atoms with Crippen LogP contribution in [0.15, 0.2) is 12.1 Å². The predicted molar refractivity (Wildman–Crippen MR) is 75.3 cm³/mol. The number of carbonyl (C=O) groups excluding carboxylic acids is 2. The maximum absolute atomic E-state index is 11.8. The van der Waals surface area contributed by atoms with Crippen molar-refractivity contribution in [3.05, 3.63) is 23.5 Å². The van der Waals surface area contributed by atoms with Crippen molar-refractivity contribution in [3.63, 3.8) is 0 Å². The van der Waals surface area contributed by atoms with Gasteiger partial charge in [0, 0.05) is 26.2 Å². The molecule has 1 aromatic rings. The van der Waals surface area contributed by atoms with Gasteiger partial charge in [0.15, 0.2) is 5.78 Å². The predicted octanol–water partition coefficient (Wildman–Crippen LogP) is 0.838. The zero-order valence-corrected chi connectivity index (χ0v) is 12.2. The molecule has 0 aliphatic rings. The minimum atomic E-state index is -0.00458. The third kappa shape index (κ3) is 4.87. The van der Waals surface area contributed by atoms with E-state index in [0.29, 0.717) is 18.7 Å². The van der Waals surface area contributed by atoms with Crippen LogP contribution in [0.3, 0.4) is 0 Å². The van der Waals surface area contributed by atoms with Crippen LogP contribution in [0.25, 0.3) is 0 Å². The van der Waals surface area contributed by atoms with E-state index in [1.165, 1.54) is 6.92 Å². The summed E-state index contributed by atoms with van der Waals surface area (Å²) in [5.41, 5.74) is 1.49. The molecule has 5 nitrogen and oxygen atoms in total. The van der Waals surface area contributed by atoms with E-state index in [2.05, 4.69) is 10.2 Å². The van der Waals surface area contributed by atoms with E-state index in [0.717, 1.165) is 18.7 Å². The maximum Gasteiger partial charge on any atom is 0.225 e. The van der Waals surface area contributed by atoms with Gasteiger partial charge in [-0.3, -0.25) is 9.59 Å². The van der Waals surface area contributed by atoms with Crippen molar-refractivity contribution in [2.45, 2.75) is 19.8 Å². The van der Waals surface area contributed by atoms with Gasteiger partial charge in [0.25, 0.3) is 0 Å². The van der Waals surface area contributed by atoms with Crippen molar-refractivity contribution in [3.8, 4) is 0 Å². The lowest BCUT2D eigenvalue weighted by molar-refractivity contribution is -0.120. The fourth-order valence-corrected chi connectivity index (χ4v) is 1.93. The lowest BCUT2D eigenvalue weighted by atomic mass is 10.3. The molecule has 0 unspecified atom stereocenters. The Morgan fingerprint density at radius 1 is 1.32 bits per heavy atom. The maximum atomic E-state index is 11.8. The van der Waals surface area contributed by atoms with Crippen molar-refractivity contribution >= 4 is 11.7 Å². The average molecular weight is 265 g/mol. The van der Waals surface area contributed by atoms with Crippen molar-refractivity contribution in [2.24, 2.45) is 7.05 Å². The highest BCUT2D eigenvalue weighted by Gasteiger charge is 2.11. The molecular formula is C14H23N3O2. The lowest BCUT2D eigenvalue weighted by Crippen LogP contribution is -2.29. The number of amides is 1. The zero-order valence-electron chi connectivity index (χ0n) is 12.2. The summed E-state index contributed by atoms with van der Waals surface area (Å²) < 4.78 is 1.78. The Morgan fingerprint density at radius 2 is 2.00 bits per heavy atom. The van der Waals surface area contributed by atoms with Gasteiger partial charge in [0.05, 0.1) is 12.1 Å². The van der Waals surface area contributed by atoms with Crippen LogP contribution < -0.4 is 5.32 Å². The molecule has 1 heterocycles. The summed E-state index contributed by atoms with van der Waals surface area (Å²) in [5.74, 6) is 0.00944. The first-order valence-electron chi connectivity index (χ1n) is 6.48. The number of nitrogens with zero attached hydrogens (tertiary/aromatic N) is 2. The highest BCUT2D eigenvalue weighted by atomic mass is 16.1. The fourth-order valence-electron chi connectivity index (χ4n) is 1.93. The molecule has 0 aromatic carbocycles. The van der Waals surface area contributed by atoms with E-state index in [1.807, 2.05) is 27.2 Å². The van der Waals surface area contributed by atoms with Crippen molar-refractivity contribution in [1.82, 2.24) is 14.8 Å². The molecule has 106 valence electrons. The normalized spacial score (nSPS) is 10.8. The first-order chi connectivity index (χ1) is 8.91. The molecule has 5 heteroatoms.